The lowest BCUT2D eigenvalue weighted by Crippen LogP contribution is -2.50. The minimum absolute atomic E-state index is 0.128. The molecule has 0 spiro atoms. The SMILES string of the molecule is CCNC(=O)C(Cc1ccccc1)N(Cc1ccccc1Cl)C(=O)CCCOc1ccc(Cl)cc1. The van der Waals surface area contributed by atoms with Crippen molar-refractivity contribution in [3.8, 4) is 5.75 Å². The number of benzene rings is 3. The molecule has 5 nitrogen and oxygen atoms in total. The van der Waals surface area contributed by atoms with Gasteiger partial charge in [0.1, 0.15) is 11.8 Å². The van der Waals surface area contributed by atoms with Crippen LogP contribution in [0.5, 0.6) is 5.75 Å². The molecule has 0 aliphatic rings. The maximum atomic E-state index is 13.5. The van der Waals surface area contributed by atoms with Crippen LogP contribution in [0.25, 0.3) is 0 Å². The average Bonchev–Trinajstić information content (AvgIpc) is 2.86. The highest BCUT2D eigenvalue weighted by atomic mass is 35.5. The van der Waals surface area contributed by atoms with Gasteiger partial charge in [0.2, 0.25) is 11.8 Å². The molecular formula is C28H30Cl2N2O3. The highest BCUT2D eigenvalue weighted by Gasteiger charge is 2.30. The summed E-state index contributed by atoms with van der Waals surface area (Å²) < 4.78 is 5.74. The molecular weight excluding hydrogens is 483 g/mol. The van der Waals surface area contributed by atoms with E-state index < -0.39 is 6.04 Å². The molecule has 0 aliphatic heterocycles. The molecule has 0 fully saturated rings. The van der Waals surface area contributed by atoms with Gasteiger partial charge in [0.25, 0.3) is 0 Å². The lowest BCUT2D eigenvalue weighted by molar-refractivity contribution is -0.141. The monoisotopic (exact) mass is 512 g/mol. The smallest absolute Gasteiger partial charge is 0.243 e. The highest BCUT2D eigenvalue weighted by molar-refractivity contribution is 6.31. The van der Waals surface area contributed by atoms with Gasteiger partial charge in [-0.25, -0.2) is 0 Å². The summed E-state index contributed by atoms with van der Waals surface area (Å²) >= 11 is 12.3. The zero-order chi connectivity index (χ0) is 25.0. The predicted octanol–water partition coefficient (Wildman–Crippen LogP) is 5.93. The van der Waals surface area contributed by atoms with Crippen molar-refractivity contribution < 1.29 is 14.3 Å². The van der Waals surface area contributed by atoms with Gasteiger partial charge >= 0.3 is 0 Å². The second-order valence-corrected chi connectivity index (χ2v) is 8.96. The van der Waals surface area contributed by atoms with Crippen LogP contribution in [0.3, 0.4) is 0 Å². The first-order valence-corrected chi connectivity index (χ1v) is 12.5. The Morgan fingerprint density at radius 1 is 0.943 bits per heavy atom. The van der Waals surface area contributed by atoms with Crippen LogP contribution in [0.15, 0.2) is 78.9 Å². The predicted molar refractivity (Wildman–Crippen MR) is 141 cm³/mol. The second kappa shape index (κ2) is 13.8. The van der Waals surface area contributed by atoms with Gasteiger partial charge in [-0.3, -0.25) is 9.59 Å². The molecule has 35 heavy (non-hydrogen) atoms. The number of halogens is 2. The molecule has 3 aromatic rings. The largest absolute Gasteiger partial charge is 0.494 e. The number of nitrogens with one attached hydrogen (secondary N) is 1. The number of rotatable bonds is 12. The van der Waals surface area contributed by atoms with Gasteiger partial charge in [-0.15, -0.1) is 0 Å². The molecule has 0 radical (unpaired) electrons. The third kappa shape index (κ3) is 8.30. The van der Waals surface area contributed by atoms with E-state index in [9.17, 15) is 9.59 Å². The van der Waals surface area contributed by atoms with Crippen LogP contribution in [0, 0.1) is 0 Å². The summed E-state index contributed by atoms with van der Waals surface area (Å²) in [5.41, 5.74) is 1.77. The van der Waals surface area contributed by atoms with Gasteiger partial charge < -0.3 is 15.0 Å². The normalized spacial score (nSPS) is 11.5. The number of amides is 2. The Bertz CT molecular complexity index is 1090. The van der Waals surface area contributed by atoms with Gasteiger partial charge in [-0.05, 0) is 54.8 Å². The van der Waals surface area contributed by atoms with Gasteiger partial charge in [0.05, 0.1) is 6.61 Å². The third-order valence-electron chi connectivity index (χ3n) is 5.54. The zero-order valence-corrected chi connectivity index (χ0v) is 21.3. The molecule has 0 saturated heterocycles. The molecule has 0 bridgehead atoms. The van der Waals surface area contributed by atoms with Crippen molar-refractivity contribution in [1.29, 1.82) is 0 Å². The van der Waals surface area contributed by atoms with Gasteiger partial charge in [0, 0.05) is 36.0 Å². The molecule has 1 unspecified atom stereocenters. The summed E-state index contributed by atoms with van der Waals surface area (Å²) in [5.74, 6) is 0.380. The first kappa shape index (κ1) is 26.6. The number of carbonyl (C=O) groups is 2. The fourth-order valence-electron chi connectivity index (χ4n) is 3.74. The Morgan fingerprint density at radius 3 is 2.31 bits per heavy atom. The molecule has 0 saturated carbocycles. The number of ether oxygens (including phenoxy) is 1. The Hall–Kier alpha value is -3.02. The lowest BCUT2D eigenvalue weighted by atomic mass is 10.0. The van der Waals surface area contributed by atoms with E-state index in [1.807, 2.05) is 55.5 Å². The Morgan fingerprint density at radius 2 is 1.63 bits per heavy atom. The molecule has 3 rings (SSSR count). The van der Waals surface area contributed by atoms with Crippen molar-refractivity contribution in [2.45, 2.75) is 38.8 Å². The summed E-state index contributed by atoms with van der Waals surface area (Å²) in [6, 6.07) is 23.5. The lowest BCUT2D eigenvalue weighted by Gasteiger charge is -2.32. The van der Waals surface area contributed by atoms with Crippen molar-refractivity contribution in [3.63, 3.8) is 0 Å². The van der Waals surface area contributed by atoms with Crippen molar-refractivity contribution in [2.24, 2.45) is 0 Å². The Balaban J connectivity index is 1.77. The van der Waals surface area contributed by atoms with E-state index in [-0.39, 0.29) is 24.8 Å². The number of nitrogens with zero attached hydrogens (tertiary/aromatic N) is 1. The van der Waals surface area contributed by atoms with E-state index in [2.05, 4.69) is 5.32 Å². The van der Waals surface area contributed by atoms with E-state index in [4.69, 9.17) is 27.9 Å². The van der Waals surface area contributed by atoms with E-state index >= 15 is 0 Å². The fraction of sp³-hybridized carbons (Fsp3) is 0.286. The first-order valence-electron chi connectivity index (χ1n) is 11.7. The van der Waals surface area contributed by atoms with Crippen molar-refractivity contribution >= 4 is 35.0 Å². The van der Waals surface area contributed by atoms with E-state index in [0.29, 0.717) is 41.8 Å². The number of hydrogen-bond acceptors (Lipinski definition) is 3. The van der Waals surface area contributed by atoms with E-state index in [0.717, 1.165) is 11.1 Å². The van der Waals surface area contributed by atoms with Crippen LogP contribution in [-0.2, 0) is 22.6 Å². The summed E-state index contributed by atoms with van der Waals surface area (Å²) in [7, 11) is 0. The van der Waals surface area contributed by atoms with Crippen molar-refractivity contribution in [2.75, 3.05) is 13.2 Å². The van der Waals surface area contributed by atoms with Gasteiger partial charge in [0.15, 0.2) is 0 Å². The standard InChI is InChI=1S/C28H30Cl2N2O3/c1-2-31-28(34)26(19-21-9-4-3-5-10-21)32(20-22-11-6-7-12-25(22)30)27(33)13-8-18-35-24-16-14-23(29)15-17-24/h3-7,9-12,14-17,26H,2,8,13,18-20H2,1H3,(H,31,34). The first-order chi connectivity index (χ1) is 17.0. The minimum Gasteiger partial charge on any atom is -0.494 e. The number of hydrogen-bond donors (Lipinski definition) is 1. The van der Waals surface area contributed by atoms with Crippen LogP contribution in [0.4, 0.5) is 0 Å². The topological polar surface area (TPSA) is 58.6 Å². The number of carbonyl (C=O) groups excluding carboxylic acids is 2. The van der Waals surface area contributed by atoms with Gasteiger partial charge in [-0.1, -0.05) is 71.7 Å². The molecule has 0 aliphatic carbocycles. The van der Waals surface area contributed by atoms with Crippen molar-refractivity contribution in [1.82, 2.24) is 10.2 Å². The Kier molecular flexibility index (Phi) is 10.5. The molecule has 0 heterocycles. The number of likely N-dealkylation sites (N-methyl/N-ethyl adjacent to an activating group) is 1. The van der Waals surface area contributed by atoms with Crippen LogP contribution < -0.4 is 10.1 Å². The third-order valence-corrected chi connectivity index (χ3v) is 6.16. The molecule has 2 amide bonds. The minimum atomic E-state index is -0.668. The molecule has 0 aromatic heterocycles. The van der Waals surface area contributed by atoms with Gasteiger partial charge in [-0.2, -0.15) is 0 Å². The molecule has 7 heteroatoms. The van der Waals surface area contributed by atoms with Crippen LogP contribution in [0.2, 0.25) is 10.0 Å². The molecule has 1 N–H and O–H groups in total. The highest BCUT2D eigenvalue weighted by Crippen LogP contribution is 2.22. The zero-order valence-electron chi connectivity index (χ0n) is 19.8. The summed E-state index contributed by atoms with van der Waals surface area (Å²) in [5, 5.41) is 4.09. The second-order valence-electron chi connectivity index (χ2n) is 8.12. The van der Waals surface area contributed by atoms with Crippen LogP contribution in [0.1, 0.15) is 30.9 Å². The molecule has 184 valence electrons. The summed E-state index contributed by atoms with van der Waals surface area (Å²) in [6.45, 7) is 2.96. The van der Waals surface area contributed by atoms with Crippen molar-refractivity contribution in [3.05, 3.63) is 100 Å². The van der Waals surface area contributed by atoms with Crippen LogP contribution in [-0.4, -0.2) is 35.9 Å². The summed E-state index contributed by atoms with van der Waals surface area (Å²) in [4.78, 5) is 28.3. The summed E-state index contributed by atoms with van der Waals surface area (Å²) in [6.07, 6.45) is 1.15. The molecule has 3 aromatic carbocycles. The molecule has 1 atom stereocenters. The van der Waals surface area contributed by atoms with E-state index in [1.54, 1.807) is 35.2 Å². The van der Waals surface area contributed by atoms with Crippen LogP contribution >= 0.6 is 23.2 Å². The van der Waals surface area contributed by atoms with E-state index in [1.165, 1.54) is 0 Å². The average molecular weight is 513 g/mol. The maximum Gasteiger partial charge on any atom is 0.243 e. The maximum absolute atomic E-state index is 13.5. The quantitative estimate of drug-likeness (QED) is 0.306. The Labute approximate surface area is 217 Å². The fourth-order valence-corrected chi connectivity index (χ4v) is 4.07.